The highest BCUT2D eigenvalue weighted by atomic mass is 32.2. The summed E-state index contributed by atoms with van der Waals surface area (Å²) in [6, 6.07) is 18.6. The first kappa shape index (κ1) is 31.1. The van der Waals surface area contributed by atoms with E-state index in [9.17, 15) is 17.6 Å². The molecule has 0 unspecified atom stereocenters. The number of pyridine rings is 1. The molecule has 0 radical (unpaired) electrons. The van der Waals surface area contributed by atoms with Crippen LogP contribution in [0.1, 0.15) is 16.2 Å². The molecule has 8 aromatic rings. The van der Waals surface area contributed by atoms with Gasteiger partial charge in [-0.2, -0.15) is 5.10 Å². The van der Waals surface area contributed by atoms with Crippen LogP contribution < -0.4 is 9.62 Å². The third kappa shape index (κ3) is 5.01. The van der Waals surface area contributed by atoms with Crippen molar-refractivity contribution in [3.63, 3.8) is 0 Å². The van der Waals surface area contributed by atoms with E-state index in [0.717, 1.165) is 10.6 Å². The van der Waals surface area contributed by atoms with Crippen LogP contribution in [-0.2, 0) is 16.6 Å². The maximum Gasteiger partial charge on any atom is 0.255 e. The van der Waals surface area contributed by atoms with E-state index in [-0.39, 0.29) is 29.1 Å². The number of benzene rings is 3. The van der Waals surface area contributed by atoms with Gasteiger partial charge in [0.2, 0.25) is 10.0 Å². The molecule has 12 nitrogen and oxygen atoms in total. The Balaban J connectivity index is 1.42. The molecule has 1 amide bonds. The minimum atomic E-state index is -3.79. The second-order valence-electron chi connectivity index (χ2n) is 11.7. The van der Waals surface area contributed by atoms with Crippen LogP contribution in [0.4, 0.5) is 14.5 Å². The Morgan fingerprint density at radius 3 is 2.50 bits per heavy atom. The number of halogens is 2. The van der Waals surface area contributed by atoms with Gasteiger partial charge < -0.3 is 9.73 Å². The first-order chi connectivity index (χ1) is 24.0. The monoisotopic (exact) mass is 692 g/mol. The third-order valence-corrected chi connectivity index (χ3v) is 9.86. The van der Waals surface area contributed by atoms with E-state index >= 15 is 4.39 Å². The quantitative estimate of drug-likeness (QED) is 0.222. The number of hydrogen-bond acceptors (Lipinski definition) is 8. The molecule has 0 fully saturated rings. The lowest BCUT2D eigenvalue weighted by atomic mass is 10.0. The van der Waals surface area contributed by atoms with Crippen molar-refractivity contribution in [2.45, 2.75) is 6.54 Å². The summed E-state index contributed by atoms with van der Waals surface area (Å²) >= 11 is 0. The molecule has 5 aromatic heterocycles. The number of fused-ring (bicyclic) bond motifs is 6. The predicted octanol–water partition coefficient (Wildman–Crippen LogP) is 5.79. The molecular weight excluding hydrogens is 666 g/mol. The third-order valence-electron chi connectivity index (χ3n) is 8.67. The molecule has 0 aliphatic rings. The molecule has 0 aliphatic heterocycles. The summed E-state index contributed by atoms with van der Waals surface area (Å²) < 4.78 is 65.5. The van der Waals surface area contributed by atoms with Crippen LogP contribution in [0.15, 0.2) is 89.9 Å². The maximum absolute atomic E-state index is 15.2. The maximum atomic E-state index is 15.2. The molecule has 0 saturated carbocycles. The summed E-state index contributed by atoms with van der Waals surface area (Å²) in [5.41, 5.74) is 3.91. The topological polar surface area (TPSA) is 141 Å². The first-order valence-corrected chi connectivity index (χ1v) is 17.1. The first-order valence-electron chi connectivity index (χ1n) is 15.3. The Hall–Kier alpha value is -6.22. The molecule has 50 heavy (non-hydrogen) atoms. The Morgan fingerprint density at radius 2 is 1.78 bits per heavy atom. The van der Waals surface area contributed by atoms with Crippen LogP contribution in [0.25, 0.3) is 61.0 Å². The Bertz CT molecular complexity index is 2760. The van der Waals surface area contributed by atoms with E-state index in [2.05, 4.69) is 15.4 Å². The van der Waals surface area contributed by atoms with Crippen LogP contribution in [-0.4, -0.2) is 63.8 Å². The zero-order valence-electron chi connectivity index (χ0n) is 26.7. The Morgan fingerprint density at radius 1 is 0.980 bits per heavy atom. The van der Waals surface area contributed by atoms with Crippen LogP contribution in [0.2, 0.25) is 0 Å². The molecule has 3 aromatic carbocycles. The summed E-state index contributed by atoms with van der Waals surface area (Å²) in [6.45, 7) is 0.244. The largest absolute Gasteiger partial charge is 0.455 e. The van der Waals surface area contributed by atoms with Crippen molar-refractivity contribution >= 4 is 60.0 Å². The molecule has 8 rings (SSSR count). The second kappa shape index (κ2) is 11.4. The van der Waals surface area contributed by atoms with Crippen molar-refractivity contribution in [3.05, 3.63) is 108 Å². The van der Waals surface area contributed by atoms with E-state index in [1.807, 2.05) is 4.40 Å². The highest BCUT2D eigenvalue weighted by Gasteiger charge is 2.27. The summed E-state index contributed by atoms with van der Waals surface area (Å²) in [6.07, 6.45) is 4.05. The zero-order chi connectivity index (χ0) is 34.9. The molecule has 5 heterocycles. The van der Waals surface area contributed by atoms with E-state index in [4.69, 9.17) is 14.4 Å². The van der Waals surface area contributed by atoms with Crippen LogP contribution in [0.3, 0.4) is 0 Å². The van der Waals surface area contributed by atoms with Crippen LogP contribution in [0.5, 0.6) is 0 Å². The zero-order valence-corrected chi connectivity index (χ0v) is 27.5. The number of rotatable bonds is 7. The summed E-state index contributed by atoms with van der Waals surface area (Å²) in [7, 11) is -0.910. The summed E-state index contributed by atoms with van der Waals surface area (Å²) in [5.74, 6) is -0.584. The molecule has 0 spiro atoms. The molecule has 1 N–H and O–H groups in total. The molecule has 0 aliphatic carbocycles. The van der Waals surface area contributed by atoms with Gasteiger partial charge in [-0.1, -0.05) is 6.07 Å². The van der Waals surface area contributed by atoms with E-state index in [1.54, 1.807) is 47.4 Å². The molecule has 15 heteroatoms. The minimum absolute atomic E-state index is 0.180. The van der Waals surface area contributed by atoms with Crippen molar-refractivity contribution in [3.8, 4) is 22.6 Å². The van der Waals surface area contributed by atoms with Crippen LogP contribution >= 0.6 is 0 Å². The van der Waals surface area contributed by atoms with Crippen molar-refractivity contribution < 1.29 is 26.4 Å². The molecule has 0 bridgehead atoms. The van der Waals surface area contributed by atoms with Gasteiger partial charge >= 0.3 is 0 Å². The number of nitrogens with zero attached hydrogens (tertiary/aromatic N) is 7. The average molecular weight is 693 g/mol. The highest BCUT2D eigenvalue weighted by Crippen LogP contribution is 2.41. The average Bonchev–Trinajstić information content (AvgIpc) is 3.85. The minimum Gasteiger partial charge on any atom is -0.455 e. The lowest BCUT2D eigenvalue weighted by molar-refractivity contribution is 0.0964. The summed E-state index contributed by atoms with van der Waals surface area (Å²) in [4.78, 5) is 27.3. The van der Waals surface area contributed by atoms with E-state index in [0.29, 0.717) is 55.5 Å². The second-order valence-corrected chi connectivity index (χ2v) is 13.7. The smallest absolute Gasteiger partial charge is 0.255 e. The fourth-order valence-electron chi connectivity index (χ4n) is 6.21. The van der Waals surface area contributed by atoms with Crippen molar-refractivity contribution in [2.75, 3.05) is 24.7 Å². The number of furan rings is 1. The van der Waals surface area contributed by atoms with Gasteiger partial charge in [-0.25, -0.2) is 36.8 Å². The summed E-state index contributed by atoms with van der Waals surface area (Å²) in [5, 5.41) is 7.60. The fraction of sp³-hybridized carbons (Fsp3) is 0.114. The molecule has 0 saturated heterocycles. The predicted molar refractivity (Wildman–Crippen MR) is 184 cm³/mol. The van der Waals surface area contributed by atoms with Gasteiger partial charge in [-0.15, -0.1) is 0 Å². The fourth-order valence-corrected chi connectivity index (χ4v) is 6.72. The van der Waals surface area contributed by atoms with Gasteiger partial charge in [-0.3, -0.25) is 13.5 Å². The van der Waals surface area contributed by atoms with Gasteiger partial charge in [0.15, 0.2) is 0 Å². The number of carbonyl (C=O) groups excluding carboxylic acids is 1. The van der Waals surface area contributed by atoms with Crippen molar-refractivity contribution in [2.24, 2.45) is 0 Å². The van der Waals surface area contributed by atoms with Gasteiger partial charge in [0.05, 0.1) is 39.8 Å². The lowest BCUT2D eigenvalue weighted by Gasteiger charge is -2.20. The number of sulfonamides is 1. The Labute approximate surface area is 282 Å². The molecule has 0 atom stereocenters. The van der Waals surface area contributed by atoms with E-state index in [1.165, 1.54) is 56.8 Å². The standard InChI is InChI=1S/C35H26F2N8O4S/c1-38-35(46)32-23-13-22(28(43(2)50(3,47)48)15-30(23)49-34(32)19-7-9-20(36)10-8-19)25-11-12-26-33(42-25)29-14-21-24(37)5-4-6-27(21)45(29)31(41-26)16-44-18-39-17-40-44/h4-15,17-18H,16H2,1-3H3,(H,38,46). The van der Waals surface area contributed by atoms with Crippen molar-refractivity contribution in [1.29, 1.82) is 0 Å². The van der Waals surface area contributed by atoms with Gasteiger partial charge in [0.25, 0.3) is 5.91 Å². The van der Waals surface area contributed by atoms with Crippen LogP contribution in [0, 0.1) is 11.6 Å². The molecule has 250 valence electrons. The lowest BCUT2D eigenvalue weighted by Crippen LogP contribution is -2.25. The van der Waals surface area contributed by atoms with Gasteiger partial charge in [0, 0.05) is 42.1 Å². The number of anilines is 1. The number of aromatic nitrogens is 6. The van der Waals surface area contributed by atoms with Gasteiger partial charge in [0.1, 0.15) is 53.5 Å². The van der Waals surface area contributed by atoms with Gasteiger partial charge in [-0.05, 0) is 60.7 Å². The van der Waals surface area contributed by atoms with Crippen molar-refractivity contribution in [1.82, 2.24) is 34.4 Å². The number of amides is 1. The highest BCUT2D eigenvalue weighted by molar-refractivity contribution is 7.92. The normalized spacial score (nSPS) is 12.0. The number of nitrogens with one attached hydrogen (secondary N) is 1. The van der Waals surface area contributed by atoms with E-state index < -0.39 is 27.6 Å². The number of carbonyl (C=O) groups is 1. The molecular formula is C35H26F2N8O4S. The number of hydrogen-bond donors (Lipinski definition) is 1. The SMILES string of the molecule is CNC(=O)c1c(-c2ccc(F)cc2)oc2cc(N(C)S(C)(=O)=O)c(-c3ccc4nc(Cn5cncn5)n5c6cccc(F)c6cc5c4n3)cc12. The Kier molecular flexibility index (Phi) is 7.11.